The minimum Gasteiger partial charge on any atom is -0.482 e. The highest BCUT2D eigenvalue weighted by Crippen LogP contribution is 2.10. The summed E-state index contributed by atoms with van der Waals surface area (Å²) in [7, 11) is 0. The molecular formula is C21H19NO4. The summed E-state index contributed by atoms with van der Waals surface area (Å²) in [5, 5.41) is 2.73. The first-order chi connectivity index (χ1) is 12.6. The average molecular weight is 349 g/mol. The van der Waals surface area contributed by atoms with Crippen LogP contribution in [0.5, 0.6) is 5.75 Å². The van der Waals surface area contributed by atoms with Crippen LogP contribution in [-0.4, -0.2) is 5.91 Å². The molecule has 0 aliphatic carbocycles. The molecule has 1 heterocycles. The molecule has 5 heteroatoms. The van der Waals surface area contributed by atoms with Crippen molar-refractivity contribution in [3.05, 3.63) is 99.6 Å². The van der Waals surface area contributed by atoms with Crippen LogP contribution in [0.4, 0.5) is 0 Å². The molecule has 0 aliphatic rings. The van der Waals surface area contributed by atoms with Crippen LogP contribution in [-0.2, 0) is 13.2 Å². The van der Waals surface area contributed by atoms with Crippen LogP contribution in [0, 0.1) is 6.92 Å². The van der Waals surface area contributed by atoms with Crippen molar-refractivity contribution in [3.63, 3.8) is 0 Å². The molecule has 0 unspecified atom stereocenters. The summed E-state index contributed by atoms with van der Waals surface area (Å²) < 4.78 is 10.7. The molecule has 1 aromatic heterocycles. The fourth-order valence-electron chi connectivity index (χ4n) is 2.33. The van der Waals surface area contributed by atoms with Crippen molar-refractivity contribution < 1.29 is 13.9 Å². The van der Waals surface area contributed by atoms with Gasteiger partial charge in [-0.1, -0.05) is 60.2 Å². The quantitative estimate of drug-likeness (QED) is 0.740. The molecule has 0 radical (unpaired) electrons. The molecule has 5 nitrogen and oxygen atoms in total. The van der Waals surface area contributed by atoms with Gasteiger partial charge in [0.15, 0.2) is 5.76 Å². The number of carbonyl (C=O) groups excluding carboxylic acids is 1. The Hall–Kier alpha value is -3.34. The van der Waals surface area contributed by atoms with Gasteiger partial charge in [-0.15, -0.1) is 0 Å². The first-order valence-electron chi connectivity index (χ1n) is 8.25. The first-order valence-corrected chi connectivity index (χ1v) is 8.25. The van der Waals surface area contributed by atoms with Gasteiger partial charge in [-0.3, -0.25) is 9.59 Å². The Morgan fingerprint density at radius 3 is 2.46 bits per heavy atom. The van der Waals surface area contributed by atoms with Crippen molar-refractivity contribution in [1.29, 1.82) is 0 Å². The van der Waals surface area contributed by atoms with Gasteiger partial charge in [0.2, 0.25) is 11.2 Å². The van der Waals surface area contributed by atoms with Gasteiger partial charge in [-0.05, 0) is 18.1 Å². The highest BCUT2D eigenvalue weighted by atomic mass is 16.5. The highest BCUT2D eigenvalue weighted by molar-refractivity contribution is 5.91. The lowest BCUT2D eigenvalue weighted by molar-refractivity contribution is 0.0919. The first kappa shape index (κ1) is 17.5. The van der Waals surface area contributed by atoms with E-state index in [2.05, 4.69) is 5.32 Å². The molecule has 0 saturated carbocycles. The molecular weight excluding hydrogens is 330 g/mol. The molecule has 26 heavy (non-hydrogen) atoms. The van der Waals surface area contributed by atoms with E-state index in [9.17, 15) is 9.59 Å². The van der Waals surface area contributed by atoms with E-state index >= 15 is 0 Å². The molecule has 0 spiro atoms. The molecule has 1 amide bonds. The summed E-state index contributed by atoms with van der Waals surface area (Å²) in [4.78, 5) is 24.3. The third-order valence-electron chi connectivity index (χ3n) is 3.83. The number of carbonyl (C=O) groups is 1. The second-order valence-electron chi connectivity index (χ2n) is 5.92. The summed E-state index contributed by atoms with van der Waals surface area (Å²) in [5.74, 6) is -0.421. The summed E-state index contributed by atoms with van der Waals surface area (Å²) in [6.07, 6.45) is 1.17. The van der Waals surface area contributed by atoms with E-state index in [0.29, 0.717) is 6.54 Å². The van der Waals surface area contributed by atoms with E-state index < -0.39 is 11.3 Å². The topological polar surface area (TPSA) is 68.5 Å². The Morgan fingerprint density at radius 1 is 1.04 bits per heavy atom. The SMILES string of the molecule is Cc1ccc(CNC(=O)c2cc(=O)c(OCc3ccccc3)co2)cc1. The Labute approximate surface area is 151 Å². The highest BCUT2D eigenvalue weighted by Gasteiger charge is 2.12. The lowest BCUT2D eigenvalue weighted by Crippen LogP contribution is -2.24. The van der Waals surface area contributed by atoms with Gasteiger partial charge in [-0.25, -0.2) is 0 Å². The second-order valence-corrected chi connectivity index (χ2v) is 5.92. The fourth-order valence-corrected chi connectivity index (χ4v) is 2.33. The van der Waals surface area contributed by atoms with E-state index in [1.807, 2.05) is 61.5 Å². The zero-order valence-corrected chi connectivity index (χ0v) is 14.4. The Balaban J connectivity index is 1.60. The van der Waals surface area contributed by atoms with Crippen LogP contribution in [0.15, 0.2) is 76.1 Å². The van der Waals surface area contributed by atoms with Crippen LogP contribution < -0.4 is 15.5 Å². The molecule has 3 rings (SSSR count). The van der Waals surface area contributed by atoms with Crippen LogP contribution >= 0.6 is 0 Å². The molecule has 1 N–H and O–H groups in total. The van der Waals surface area contributed by atoms with Crippen LogP contribution in [0.1, 0.15) is 27.2 Å². The molecule has 0 saturated heterocycles. The summed E-state index contributed by atoms with van der Waals surface area (Å²) in [6.45, 7) is 2.61. The molecule has 2 aromatic carbocycles. The van der Waals surface area contributed by atoms with Gasteiger partial charge >= 0.3 is 0 Å². The second kappa shape index (κ2) is 8.16. The van der Waals surface area contributed by atoms with Crippen molar-refractivity contribution in [2.45, 2.75) is 20.1 Å². The van der Waals surface area contributed by atoms with E-state index in [4.69, 9.17) is 9.15 Å². The predicted octanol–water partition coefficient (Wildman–Crippen LogP) is 3.46. The zero-order chi connectivity index (χ0) is 18.4. The Kier molecular flexibility index (Phi) is 5.49. The van der Waals surface area contributed by atoms with Gasteiger partial charge in [0.25, 0.3) is 5.91 Å². The van der Waals surface area contributed by atoms with Crippen molar-refractivity contribution in [3.8, 4) is 5.75 Å². The van der Waals surface area contributed by atoms with E-state index in [-0.39, 0.29) is 18.1 Å². The van der Waals surface area contributed by atoms with Gasteiger partial charge in [0, 0.05) is 12.6 Å². The normalized spacial score (nSPS) is 10.3. The number of amides is 1. The van der Waals surface area contributed by atoms with Crippen molar-refractivity contribution in [2.24, 2.45) is 0 Å². The van der Waals surface area contributed by atoms with Crippen molar-refractivity contribution in [2.75, 3.05) is 0 Å². The van der Waals surface area contributed by atoms with Gasteiger partial charge in [0.05, 0.1) is 0 Å². The summed E-state index contributed by atoms with van der Waals surface area (Å²) in [6, 6.07) is 18.4. The number of ether oxygens (including phenoxy) is 1. The van der Waals surface area contributed by atoms with E-state index in [0.717, 1.165) is 22.8 Å². The van der Waals surface area contributed by atoms with Gasteiger partial charge in [-0.2, -0.15) is 0 Å². The Morgan fingerprint density at radius 2 is 1.77 bits per heavy atom. The van der Waals surface area contributed by atoms with E-state index in [1.165, 1.54) is 6.26 Å². The number of rotatable bonds is 6. The molecule has 132 valence electrons. The zero-order valence-electron chi connectivity index (χ0n) is 14.4. The third kappa shape index (κ3) is 4.60. The molecule has 0 bridgehead atoms. The standard InChI is InChI=1S/C21H19NO4/c1-15-7-9-16(10-8-15)12-22-21(24)19-11-18(23)20(14-26-19)25-13-17-5-3-2-4-6-17/h2-11,14H,12-13H2,1H3,(H,22,24). The maximum absolute atomic E-state index is 12.1. The third-order valence-corrected chi connectivity index (χ3v) is 3.83. The number of hydrogen-bond acceptors (Lipinski definition) is 4. The van der Waals surface area contributed by atoms with E-state index in [1.54, 1.807) is 0 Å². The number of benzene rings is 2. The van der Waals surface area contributed by atoms with Crippen LogP contribution in [0.25, 0.3) is 0 Å². The molecule has 3 aromatic rings. The number of hydrogen-bond donors (Lipinski definition) is 1. The van der Waals surface area contributed by atoms with Crippen LogP contribution in [0.2, 0.25) is 0 Å². The van der Waals surface area contributed by atoms with Crippen molar-refractivity contribution in [1.82, 2.24) is 5.32 Å². The monoisotopic (exact) mass is 349 g/mol. The summed E-state index contributed by atoms with van der Waals surface area (Å²) in [5.41, 5.74) is 2.66. The Bertz CT molecular complexity index is 930. The van der Waals surface area contributed by atoms with Gasteiger partial charge in [0.1, 0.15) is 12.9 Å². The lowest BCUT2D eigenvalue weighted by Gasteiger charge is -2.07. The predicted molar refractivity (Wildman–Crippen MR) is 98.1 cm³/mol. The maximum Gasteiger partial charge on any atom is 0.287 e. The fraction of sp³-hybridized carbons (Fsp3) is 0.143. The van der Waals surface area contributed by atoms with Crippen LogP contribution in [0.3, 0.4) is 0 Å². The average Bonchev–Trinajstić information content (AvgIpc) is 2.67. The minimum absolute atomic E-state index is 0.0471. The summed E-state index contributed by atoms with van der Waals surface area (Å²) >= 11 is 0. The maximum atomic E-state index is 12.1. The van der Waals surface area contributed by atoms with Crippen molar-refractivity contribution >= 4 is 5.91 Å². The molecule has 0 atom stereocenters. The number of aryl methyl sites for hydroxylation is 1. The molecule has 0 fully saturated rings. The number of nitrogens with one attached hydrogen (secondary N) is 1. The van der Waals surface area contributed by atoms with Gasteiger partial charge < -0.3 is 14.5 Å². The largest absolute Gasteiger partial charge is 0.482 e. The molecule has 0 aliphatic heterocycles. The smallest absolute Gasteiger partial charge is 0.287 e. The minimum atomic E-state index is -0.447. The lowest BCUT2D eigenvalue weighted by atomic mass is 10.1.